The van der Waals surface area contributed by atoms with Crippen molar-refractivity contribution in [3.8, 4) is 17.2 Å². The van der Waals surface area contributed by atoms with Crippen molar-refractivity contribution in [3.63, 3.8) is 0 Å². The van der Waals surface area contributed by atoms with Gasteiger partial charge in [0.25, 0.3) is 0 Å². The largest absolute Gasteiger partial charge is 0.573 e. The van der Waals surface area contributed by atoms with Gasteiger partial charge in [-0.05, 0) is 57.9 Å². The Labute approximate surface area is 178 Å². The zero-order chi connectivity index (χ0) is 18.7. The molecule has 0 radical (unpaired) electrons. The Balaban J connectivity index is 0.00000261. The average molecular weight is 560 g/mol. The highest BCUT2D eigenvalue weighted by Crippen LogP contribution is 2.40. The summed E-state index contributed by atoms with van der Waals surface area (Å²) < 4.78 is 51.6. The number of alkyl halides is 3. The van der Waals surface area contributed by atoms with Gasteiger partial charge in [-0.3, -0.25) is 0 Å². The lowest BCUT2D eigenvalue weighted by Gasteiger charge is -2.10. The Kier molecular flexibility index (Phi) is 7.03. The number of anilines is 1. The first-order valence-electron chi connectivity index (χ1n) is 7.31. The first kappa shape index (κ1) is 21.4. The molecular weight excluding hydrogens is 546 g/mol. The Bertz CT molecular complexity index is 832. The van der Waals surface area contributed by atoms with Crippen molar-refractivity contribution in [2.75, 3.05) is 12.1 Å². The SMILES string of the molecule is I.NC(=NCc1cc(Br)c2c(c1)OCO2)Nc1ccc(OC(F)(F)F)cc1. The molecule has 0 aromatic heterocycles. The number of ether oxygens (including phenoxy) is 3. The number of hydrogen-bond donors (Lipinski definition) is 2. The van der Waals surface area contributed by atoms with Gasteiger partial charge >= 0.3 is 6.36 Å². The molecule has 0 saturated heterocycles. The first-order valence-corrected chi connectivity index (χ1v) is 8.10. The van der Waals surface area contributed by atoms with Crippen LogP contribution in [-0.2, 0) is 6.54 Å². The predicted molar refractivity (Wildman–Crippen MR) is 108 cm³/mol. The minimum absolute atomic E-state index is 0. The lowest BCUT2D eigenvalue weighted by molar-refractivity contribution is -0.274. The van der Waals surface area contributed by atoms with E-state index >= 15 is 0 Å². The lowest BCUT2D eigenvalue weighted by atomic mass is 10.2. The molecule has 0 fully saturated rings. The van der Waals surface area contributed by atoms with Crippen LogP contribution in [0, 0.1) is 0 Å². The van der Waals surface area contributed by atoms with E-state index in [1.54, 1.807) is 6.07 Å². The molecule has 3 N–H and O–H groups in total. The van der Waals surface area contributed by atoms with Gasteiger partial charge in [0.2, 0.25) is 6.79 Å². The number of fused-ring (bicyclic) bond motifs is 1. The van der Waals surface area contributed by atoms with Crippen LogP contribution in [0.3, 0.4) is 0 Å². The molecule has 3 rings (SSSR count). The summed E-state index contributed by atoms with van der Waals surface area (Å²) in [6, 6.07) is 8.80. The number of hydrogen-bond acceptors (Lipinski definition) is 4. The van der Waals surface area contributed by atoms with E-state index in [0.29, 0.717) is 17.2 Å². The third kappa shape index (κ3) is 6.06. The highest BCUT2D eigenvalue weighted by atomic mass is 127. The Morgan fingerprint density at radius 3 is 2.59 bits per heavy atom. The summed E-state index contributed by atoms with van der Waals surface area (Å²) in [5.74, 6) is 1.06. The number of nitrogens with zero attached hydrogens (tertiary/aromatic N) is 1. The summed E-state index contributed by atoms with van der Waals surface area (Å²) in [7, 11) is 0. The van der Waals surface area contributed by atoms with E-state index in [2.05, 4.69) is 31.0 Å². The van der Waals surface area contributed by atoms with E-state index in [1.165, 1.54) is 24.3 Å². The van der Waals surface area contributed by atoms with Gasteiger partial charge in [0.15, 0.2) is 17.5 Å². The fourth-order valence-electron chi connectivity index (χ4n) is 2.22. The first-order chi connectivity index (χ1) is 12.3. The van der Waals surface area contributed by atoms with Gasteiger partial charge in [0.1, 0.15) is 5.75 Å². The summed E-state index contributed by atoms with van der Waals surface area (Å²) >= 11 is 3.39. The predicted octanol–water partition coefficient (Wildman–Crippen LogP) is 4.62. The van der Waals surface area contributed by atoms with Crippen molar-refractivity contribution in [2.45, 2.75) is 12.9 Å². The molecule has 0 bridgehead atoms. The molecule has 11 heteroatoms. The molecule has 1 aliphatic heterocycles. The van der Waals surface area contributed by atoms with Gasteiger partial charge in [-0.25, -0.2) is 4.99 Å². The van der Waals surface area contributed by atoms with Crippen molar-refractivity contribution in [3.05, 3.63) is 46.4 Å². The van der Waals surface area contributed by atoms with Gasteiger partial charge in [-0.2, -0.15) is 0 Å². The average Bonchev–Trinajstić information content (AvgIpc) is 3.03. The lowest BCUT2D eigenvalue weighted by Crippen LogP contribution is -2.22. The molecule has 0 saturated carbocycles. The van der Waals surface area contributed by atoms with Gasteiger partial charge in [-0.15, -0.1) is 37.1 Å². The molecule has 1 aliphatic rings. The molecule has 0 spiro atoms. The smallest absolute Gasteiger partial charge is 0.454 e. The third-order valence-corrected chi connectivity index (χ3v) is 3.87. The molecule has 1 heterocycles. The summed E-state index contributed by atoms with van der Waals surface area (Å²) in [5.41, 5.74) is 7.13. The molecule has 0 amide bonds. The van der Waals surface area contributed by atoms with Crippen LogP contribution in [0.2, 0.25) is 0 Å². The molecule has 2 aromatic carbocycles. The number of benzene rings is 2. The van der Waals surface area contributed by atoms with Gasteiger partial charge in [-0.1, -0.05) is 0 Å². The van der Waals surface area contributed by atoms with Crippen LogP contribution in [0.5, 0.6) is 17.2 Å². The molecule has 6 nitrogen and oxygen atoms in total. The number of nitrogens with one attached hydrogen (secondary N) is 1. The zero-order valence-corrected chi connectivity index (χ0v) is 17.5. The van der Waals surface area contributed by atoms with Crippen LogP contribution in [0.1, 0.15) is 5.56 Å². The van der Waals surface area contributed by atoms with Crippen molar-refractivity contribution < 1.29 is 27.4 Å². The quantitative estimate of drug-likeness (QED) is 0.325. The van der Waals surface area contributed by atoms with E-state index in [9.17, 15) is 13.2 Å². The van der Waals surface area contributed by atoms with Crippen molar-refractivity contribution in [2.24, 2.45) is 10.7 Å². The highest BCUT2D eigenvalue weighted by molar-refractivity contribution is 14.0. The summed E-state index contributed by atoms with van der Waals surface area (Å²) in [6.45, 7) is 0.446. The van der Waals surface area contributed by atoms with E-state index in [4.69, 9.17) is 15.2 Å². The summed E-state index contributed by atoms with van der Waals surface area (Å²) in [6.07, 6.45) is -4.73. The normalized spacial score (nSPS) is 13.1. The molecule has 146 valence electrons. The number of guanidine groups is 1. The van der Waals surface area contributed by atoms with Crippen molar-refractivity contribution in [1.82, 2.24) is 0 Å². The maximum absolute atomic E-state index is 12.1. The second kappa shape index (κ2) is 8.87. The maximum Gasteiger partial charge on any atom is 0.573 e. The van der Waals surface area contributed by atoms with Gasteiger partial charge in [0, 0.05) is 5.69 Å². The number of nitrogens with two attached hydrogens (primary N) is 1. The van der Waals surface area contributed by atoms with Gasteiger partial charge < -0.3 is 25.3 Å². The van der Waals surface area contributed by atoms with E-state index < -0.39 is 6.36 Å². The number of aliphatic imine (C=N–C) groups is 1. The van der Waals surface area contributed by atoms with Crippen LogP contribution in [0.4, 0.5) is 18.9 Å². The zero-order valence-electron chi connectivity index (χ0n) is 13.5. The second-order valence-electron chi connectivity index (χ2n) is 5.21. The second-order valence-corrected chi connectivity index (χ2v) is 6.06. The van der Waals surface area contributed by atoms with Crippen LogP contribution < -0.4 is 25.3 Å². The van der Waals surface area contributed by atoms with Crippen molar-refractivity contribution >= 4 is 51.6 Å². The van der Waals surface area contributed by atoms with Gasteiger partial charge in [0.05, 0.1) is 11.0 Å². The van der Waals surface area contributed by atoms with E-state index in [0.717, 1.165) is 10.0 Å². The third-order valence-electron chi connectivity index (χ3n) is 3.28. The molecule has 27 heavy (non-hydrogen) atoms. The number of halogens is 5. The Morgan fingerprint density at radius 1 is 1.22 bits per heavy atom. The fraction of sp³-hybridized carbons (Fsp3) is 0.188. The molecule has 0 atom stereocenters. The number of rotatable bonds is 4. The highest BCUT2D eigenvalue weighted by Gasteiger charge is 2.30. The minimum Gasteiger partial charge on any atom is -0.454 e. The van der Waals surface area contributed by atoms with Crippen LogP contribution in [0.25, 0.3) is 0 Å². The molecule has 0 aliphatic carbocycles. The van der Waals surface area contributed by atoms with E-state index in [-0.39, 0.29) is 49.0 Å². The monoisotopic (exact) mass is 559 g/mol. The minimum atomic E-state index is -4.73. The maximum atomic E-state index is 12.1. The molecule has 2 aromatic rings. The van der Waals surface area contributed by atoms with Crippen LogP contribution >= 0.6 is 39.9 Å². The molecule has 0 unspecified atom stereocenters. The van der Waals surface area contributed by atoms with Crippen LogP contribution in [-0.4, -0.2) is 19.1 Å². The standard InChI is InChI=1S/C16H13BrF3N3O3.HI/c17-12-5-9(6-13-14(12)25-8-24-13)7-22-15(21)23-10-1-3-11(4-2-10)26-16(18,19)20;/h1-6H,7-8H2,(H3,21,22,23);1H. The summed E-state index contributed by atoms with van der Waals surface area (Å²) in [4.78, 5) is 4.19. The molecular formula is C16H14BrF3IN3O3. The van der Waals surface area contributed by atoms with Crippen molar-refractivity contribution in [1.29, 1.82) is 0 Å². The summed E-state index contributed by atoms with van der Waals surface area (Å²) in [5, 5.41) is 2.79. The Morgan fingerprint density at radius 2 is 1.93 bits per heavy atom. The topological polar surface area (TPSA) is 78.1 Å². The van der Waals surface area contributed by atoms with E-state index in [1.807, 2.05) is 6.07 Å². The van der Waals surface area contributed by atoms with Crippen LogP contribution in [0.15, 0.2) is 45.9 Å². The Hall–Kier alpha value is -1.89. The fourth-order valence-corrected chi connectivity index (χ4v) is 2.82.